The van der Waals surface area contributed by atoms with E-state index in [9.17, 15) is 4.79 Å². The van der Waals surface area contributed by atoms with Gasteiger partial charge in [0.2, 0.25) is 5.91 Å². The highest BCUT2D eigenvalue weighted by Gasteiger charge is 2.32. The van der Waals surface area contributed by atoms with Gasteiger partial charge in [-0.15, -0.1) is 12.4 Å². The van der Waals surface area contributed by atoms with Crippen LogP contribution < -0.4 is 11.1 Å². The van der Waals surface area contributed by atoms with Gasteiger partial charge in [0.05, 0.1) is 6.04 Å². The zero-order chi connectivity index (χ0) is 12.5. The molecule has 1 atom stereocenters. The van der Waals surface area contributed by atoms with Crippen molar-refractivity contribution in [3.8, 4) is 0 Å². The molecule has 1 aromatic rings. The smallest absolute Gasteiger partial charge is 0.236 e. The van der Waals surface area contributed by atoms with Crippen molar-refractivity contribution in [2.24, 2.45) is 11.1 Å². The molecule has 1 aliphatic rings. The number of carbonyl (C=O) groups is 1. The van der Waals surface area contributed by atoms with Crippen LogP contribution >= 0.6 is 12.4 Å². The van der Waals surface area contributed by atoms with E-state index in [1.165, 1.54) is 11.1 Å². The highest BCUT2D eigenvalue weighted by Crippen LogP contribution is 2.35. The largest absolute Gasteiger partial charge is 0.354 e. The Morgan fingerprint density at radius 1 is 1.39 bits per heavy atom. The van der Waals surface area contributed by atoms with Gasteiger partial charge >= 0.3 is 0 Å². The Kier molecular flexibility index (Phi) is 4.77. The van der Waals surface area contributed by atoms with Crippen LogP contribution in [-0.4, -0.2) is 18.5 Å². The fourth-order valence-corrected chi connectivity index (χ4v) is 2.47. The van der Waals surface area contributed by atoms with Crippen LogP contribution in [0, 0.1) is 5.41 Å². The average Bonchev–Trinajstić information content (AvgIpc) is 2.62. The lowest BCUT2D eigenvalue weighted by atomic mass is 9.87. The van der Waals surface area contributed by atoms with Gasteiger partial charge in [0.1, 0.15) is 0 Å². The molecule has 0 aromatic heterocycles. The van der Waals surface area contributed by atoms with E-state index in [1.807, 2.05) is 0 Å². The van der Waals surface area contributed by atoms with E-state index in [0.29, 0.717) is 6.54 Å². The third-order valence-electron chi connectivity index (χ3n) is 3.46. The number of amides is 1. The molecule has 0 fully saturated rings. The first-order valence-electron chi connectivity index (χ1n) is 6.10. The predicted octanol–water partition coefficient (Wildman–Crippen LogP) is 1.68. The molecule has 0 saturated carbocycles. The average molecular weight is 269 g/mol. The quantitative estimate of drug-likeness (QED) is 0.876. The number of benzene rings is 1. The number of nitrogens with two attached hydrogens (primary N) is 1. The second kappa shape index (κ2) is 5.72. The van der Waals surface area contributed by atoms with Gasteiger partial charge in [0, 0.05) is 6.54 Å². The molecular weight excluding hydrogens is 248 g/mol. The molecule has 0 saturated heterocycles. The molecule has 0 heterocycles. The van der Waals surface area contributed by atoms with Crippen LogP contribution in [0.2, 0.25) is 0 Å². The van der Waals surface area contributed by atoms with E-state index in [2.05, 4.69) is 36.5 Å². The minimum absolute atomic E-state index is 0. The molecule has 1 aromatic carbocycles. The number of halogens is 1. The highest BCUT2D eigenvalue weighted by atomic mass is 35.5. The van der Waals surface area contributed by atoms with Crippen molar-refractivity contribution in [2.45, 2.75) is 32.7 Å². The van der Waals surface area contributed by atoms with Crippen molar-refractivity contribution in [2.75, 3.05) is 6.54 Å². The minimum atomic E-state index is -0.428. The monoisotopic (exact) mass is 268 g/mol. The van der Waals surface area contributed by atoms with Crippen molar-refractivity contribution in [3.63, 3.8) is 0 Å². The van der Waals surface area contributed by atoms with Gasteiger partial charge in [-0.1, -0.05) is 31.2 Å². The maximum Gasteiger partial charge on any atom is 0.236 e. The first-order valence-corrected chi connectivity index (χ1v) is 6.10. The normalized spacial score (nSPS) is 17.5. The third-order valence-corrected chi connectivity index (χ3v) is 3.46. The topological polar surface area (TPSA) is 55.1 Å². The summed E-state index contributed by atoms with van der Waals surface area (Å²) < 4.78 is 0. The number of rotatable bonds is 3. The zero-order valence-electron chi connectivity index (χ0n) is 10.9. The van der Waals surface area contributed by atoms with E-state index < -0.39 is 6.04 Å². The summed E-state index contributed by atoms with van der Waals surface area (Å²) in [6.07, 6.45) is 2.06. The number of hydrogen-bond acceptors (Lipinski definition) is 2. The molecular formula is C14H21ClN2O. The first-order chi connectivity index (χ1) is 8.00. The molecule has 4 heteroatoms. The Bertz CT molecular complexity index is 407. The molecule has 0 aliphatic heterocycles. The third kappa shape index (κ3) is 3.24. The predicted molar refractivity (Wildman–Crippen MR) is 75.9 cm³/mol. The van der Waals surface area contributed by atoms with Gasteiger partial charge in [-0.2, -0.15) is 0 Å². The van der Waals surface area contributed by atoms with E-state index >= 15 is 0 Å². The number of fused-ring (bicyclic) bond motifs is 1. The van der Waals surface area contributed by atoms with Crippen LogP contribution in [0.25, 0.3) is 0 Å². The Morgan fingerprint density at radius 3 is 2.33 bits per heavy atom. The Labute approximate surface area is 115 Å². The van der Waals surface area contributed by atoms with Crippen molar-refractivity contribution in [1.82, 2.24) is 5.32 Å². The maximum atomic E-state index is 11.5. The molecule has 2 rings (SSSR count). The second-order valence-electron chi connectivity index (χ2n) is 5.44. The lowest BCUT2D eigenvalue weighted by molar-refractivity contribution is -0.122. The van der Waals surface area contributed by atoms with Gasteiger partial charge in [-0.25, -0.2) is 0 Å². The summed E-state index contributed by atoms with van der Waals surface area (Å²) in [5.41, 5.74) is 8.48. The van der Waals surface area contributed by atoms with E-state index in [-0.39, 0.29) is 23.7 Å². The summed E-state index contributed by atoms with van der Waals surface area (Å²) in [5, 5.41) is 2.94. The molecule has 0 spiro atoms. The van der Waals surface area contributed by atoms with Crippen LogP contribution in [0.3, 0.4) is 0 Å². The fraction of sp³-hybridized carbons (Fsp3) is 0.500. The van der Waals surface area contributed by atoms with Gasteiger partial charge in [0.25, 0.3) is 0 Å². The SMILES string of the molecule is C[C@@H](N)C(=O)NCC1(C)Cc2ccccc2C1.Cl. The van der Waals surface area contributed by atoms with E-state index in [4.69, 9.17) is 5.73 Å². The Balaban J connectivity index is 0.00000162. The molecule has 0 bridgehead atoms. The molecule has 1 aliphatic carbocycles. The summed E-state index contributed by atoms with van der Waals surface area (Å²) >= 11 is 0. The number of carbonyl (C=O) groups excluding carboxylic acids is 1. The Hall–Kier alpha value is -1.06. The van der Waals surface area contributed by atoms with Gasteiger partial charge in [0.15, 0.2) is 0 Å². The lowest BCUT2D eigenvalue weighted by Gasteiger charge is -2.24. The second-order valence-corrected chi connectivity index (χ2v) is 5.44. The fourth-order valence-electron chi connectivity index (χ4n) is 2.47. The van der Waals surface area contributed by atoms with Crippen molar-refractivity contribution in [3.05, 3.63) is 35.4 Å². The van der Waals surface area contributed by atoms with Crippen LogP contribution in [0.15, 0.2) is 24.3 Å². The summed E-state index contributed by atoms with van der Waals surface area (Å²) in [6, 6.07) is 8.07. The molecule has 3 N–H and O–H groups in total. The first kappa shape index (κ1) is 15.0. The molecule has 3 nitrogen and oxygen atoms in total. The Morgan fingerprint density at radius 2 is 1.89 bits per heavy atom. The van der Waals surface area contributed by atoms with Crippen molar-refractivity contribution < 1.29 is 4.79 Å². The van der Waals surface area contributed by atoms with E-state index in [0.717, 1.165) is 12.8 Å². The van der Waals surface area contributed by atoms with Crippen molar-refractivity contribution >= 4 is 18.3 Å². The molecule has 100 valence electrons. The van der Waals surface area contributed by atoms with Crippen LogP contribution in [0.1, 0.15) is 25.0 Å². The van der Waals surface area contributed by atoms with Gasteiger partial charge in [-0.05, 0) is 36.3 Å². The molecule has 18 heavy (non-hydrogen) atoms. The number of nitrogens with one attached hydrogen (secondary N) is 1. The number of hydrogen-bond donors (Lipinski definition) is 2. The van der Waals surface area contributed by atoms with Crippen LogP contribution in [0.5, 0.6) is 0 Å². The standard InChI is InChI=1S/C14H20N2O.ClH/c1-10(15)13(17)16-9-14(2)7-11-5-3-4-6-12(11)8-14;/h3-6,10H,7-9,15H2,1-2H3,(H,16,17);1H/t10-;/m1./s1. The molecule has 1 amide bonds. The summed E-state index contributed by atoms with van der Waals surface area (Å²) in [6.45, 7) is 4.62. The highest BCUT2D eigenvalue weighted by molar-refractivity contribution is 5.85. The van der Waals surface area contributed by atoms with Gasteiger partial charge < -0.3 is 11.1 Å². The summed E-state index contributed by atoms with van der Waals surface area (Å²) in [7, 11) is 0. The zero-order valence-corrected chi connectivity index (χ0v) is 11.7. The minimum Gasteiger partial charge on any atom is -0.354 e. The molecule has 0 radical (unpaired) electrons. The summed E-state index contributed by atoms with van der Waals surface area (Å²) in [4.78, 5) is 11.5. The van der Waals surface area contributed by atoms with E-state index in [1.54, 1.807) is 6.92 Å². The van der Waals surface area contributed by atoms with Crippen molar-refractivity contribution in [1.29, 1.82) is 0 Å². The van der Waals surface area contributed by atoms with Crippen LogP contribution in [0.4, 0.5) is 0 Å². The van der Waals surface area contributed by atoms with Crippen LogP contribution in [-0.2, 0) is 17.6 Å². The lowest BCUT2D eigenvalue weighted by Crippen LogP contribution is -2.43. The molecule has 0 unspecified atom stereocenters. The summed E-state index contributed by atoms with van der Waals surface area (Å²) in [5.74, 6) is -0.0674. The van der Waals surface area contributed by atoms with Gasteiger partial charge in [-0.3, -0.25) is 4.79 Å². The maximum absolute atomic E-state index is 11.5.